The van der Waals surface area contributed by atoms with E-state index in [0.29, 0.717) is 16.8 Å². The van der Waals surface area contributed by atoms with E-state index >= 15 is 0 Å². The van der Waals surface area contributed by atoms with Crippen LogP contribution in [-0.2, 0) is 10.0 Å². The Hall–Kier alpha value is -1.47. The van der Waals surface area contributed by atoms with Gasteiger partial charge >= 0.3 is 0 Å². The summed E-state index contributed by atoms with van der Waals surface area (Å²) in [6.07, 6.45) is 0. The fourth-order valence-corrected chi connectivity index (χ4v) is 3.79. The lowest BCUT2D eigenvalue weighted by atomic mass is 10.1. The van der Waals surface area contributed by atoms with Gasteiger partial charge in [-0.3, -0.25) is 4.72 Å². The first-order chi connectivity index (χ1) is 9.70. The second kappa shape index (κ2) is 5.73. The van der Waals surface area contributed by atoms with Crippen molar-refractivity contribution >= 4 is 31.8 Å². The van der Waals surface area contributed by atoms with Crippen LogP contribution in [-0.4, -0.2) is 13.4 Å². The van der Waals surface area contributed by atoms with Gasteiger partial charge in [0.2, 0.25) is 0 Å². The maximum Gasteiger partial charge on any atom is 0.263 e. The van der Waals surface area contributed by atoms with Crippen LogP contribution in [0.4, 0.5) is 10.2 Å². The number of halogens is 2. The molecule has 0 atom stereocenters. The van der Waals surface area contributed by atoms with E-state index in [2.05, 4.69) is 25.6 Å². The number of benzene rings is 1. The summed E-state index contributed by atoms with van der Waals surface area (Å²) in [4.78, 5) is 4.22. The first kappa shape index (κ1) is 15.9. The van der Waals surface area contributed by atoms with Crippen LogP contribution < -0.4 is 4.72 Å². The van der Waals surface area contributed by atoms with Gasteiger partial charge in [-0.15, -0.1) is 0 Å². The van der Waals surface area contributed by atoms with Gasteiger partial charge in [-0.1, -0.05) is 0 Å². The highest BCUT2D eigenvalue weighted by Crippen LogP contribution is 2.24. The molecule has 2 rings (SSSR count). The summed E-state index contributed by atoms with van der Waals surface area (Å²) < 4.78 is 41.4. The molecular weight excluding hydrogens is 359 g/mol. The molecule has 0 spiro atoms. The molecule has 1 heterocycles. The first-order valence-corrected chi connectivity index (χ1v) is 8.41. The second-order valence-electron chi connectivity index (χ2n) is 4.74. The topological polar surface area (TPSA) is 59.1 Å². The minimum atomic E-state index is -3.82. The summed E-state index contributed by atoms with van der Waals surface area (Å²) in [6.45, 7) is 4.88. The fourth-order valence-electron chi connectivity index (χ4n) is 2.11. The monoisotopic (exact) mass is 372 g/mol. The van der Waals surface area contributed by atoms with Crippen molar-refractivity contribution in [3.8, 4) is 0 Å². The van der Waals surface area contributed by atoms with E-state index in [9.17, 15) is 12.8 Å². The highest BCUT2D eigenvalue weighted by molar-refractivity contribution is 9.10. The van der Waals surface area contributed by atoms with Gasteiger partial charge in [0.05, 0.1) is 10.6 Å². The maximum absolute atomic E-state index is 13.3. The Morgan fingerprint density at radius 1 is 1.14 bits per heavy atom. The molecule has 0 saturated heterocycles. The maximum atomic E-state index is 13.3. The van der Waals surface area contributed by atoms with E-state index in [-0.39, 0.29) is 10.7 Å². The summed E-state index contributed by atoms with van der Waals surface area (Å²) in [7, 11) is -3.82. The molecule has 0 saturated carbocycles. The molecule has 2 aromatic rings. The van der Waals surface area contributed by atoms with Crippen molar-refractivity contribution in [1.29, 1.82) is 0 Å². The lowest BCUT2D eigenvalue weighted by Gasteiger charge is -2.13. The van der Waals surface area contributed by atoms with Gasteiger partial charge in [0.1, 0.15) is 11.6 Å². The normalized spacial score (nSPS) is 11.5. The van der Waals surface area contributed by atoms with E-state index in [1.54, 1.807) is 32.9 Å². The van der Waals surface area contributed by atoms with Crippen LogP contribution in [0.2, 0.25) is 0 Å². The third-order valence-electron chi connectivity index (χ3n) is 2.95. The van der Waals surface area contributed by atoms with Gasteiger partial charge in [-0.2, -0.15) is 0 Å². The molecule has 21 heavy (non-hydrogen) atoms. The minimum Gasteiger partial charge on any atom is -0.263 e. The highest BCUT2D eigenvalue weighted by Gasteiger charge is 2.21. The van der Waals surface area contributed by atoms with Gasteiger partial charge in [0.25, 0.3) is 10.0 Å². The first-order valence-electron chi connectivity index (χ1n) is 6.13. The molecular formula is C14H14BrFN2O2S. The molecule has 1 aromatic heterocycles. The Bertz CT molecular complexity index is 784. The standard InChI is InChI=1S/C14H14BrFN2O2S/c1-8-6-11(16)7-9(2)14(8)21(19,20)18-13-5-4-12(15)10(3)17-13/h4-7H,1-3H3,(H,17,18). The quantitative estimate of drug-likeness (QED) is 0.893. The molecule has 0 bridgehead atoms. The number of pyridine rings is 1. The summed E-state index contributed by atoms with van der Waals surface area (Å²) in [6, 6.07) is 5.66. The molecule has 0 aliphatic rings. The molecule has 112 valence electrons. The van der Waals surface area contributed by atoms with Crippen LogP contribution in [0.15, 0.2) is 33.6 Å². The zero-order valence-electron chi connectivity index (χ0n) is 11.7. The molecule has 1 aromatic carbocycles. The average molecular weight is 373 g/mol. The Kier molecular flexibility index (Phi) is 4.34. The van der Waals surface area contributed by atoms with Crippen molar-refractivity contribution in [2.45, 2.75) is 25.7 Å². The van der Waals surface area contributed by atoms with E-state index < -0.39 is 15.8 Å². The Morgan fingerprint density at radius 3 is 2.24 bits per heavy atom. The summed E-state index contributed by atoms with van der Waals surface area (Å²) in [5.74, 6) is -0.236. The molecule has 4 nitrogen and oxygen atoms in total. The minimum absolute atomic E-state index is 0.0753. The lowest BCUT2D eigenvalue weighted by Crippen LogP contribution is -2.17. The SMILES string of the molecule is Cc1cc(F)cc(C)c1S(=O)(=O)Nc1ccc(Br)c(C)n1. The number of anilines is 1. The van der Waals surface area contributed by atoms with Crippen LogP contribution in [0, 0.1) is 26.6 Å². The van der Waals surface area contributed by atoms with E-state index in [4.69, 9.17) is 0 Å². The molecule has 1 N–H and O–H groups in total. The average Bonchev–Trinajstić information content (AvgIpc) is 2.31. The van der Waals surface area contributed by atoms with Gasteiger partial charge in [0.15, 0.2) is 0 Å². The van der Waals surface area contributed by atoms with Gasteiger partial charge in [0, 0.05) is 4.47 Å². The molecule has 7 heteroatoms. The van der Waals surface area contributed by atoms with Gasteiger partial charge < -0.3 is 0 Å². The van der Waals surface area contributed by atoms with Crippen molar-refractivity contribution in [3.63, 3.8) is 0 Å². The Morgan fingerprint density at radius 2 is 1.71 bits per heavy atom. The van der Waals surface area contributed by atoms with Crippen LogP contribution in [0.5, 0.6) is 0 Å². The highest BCUT2D eigenvalue weighted by atomic mass is 79.9. The third kappa shape index (κ3) is 3.41. The third-order valence-corrected chi connectivity index (χ3v) is 5.45. The largest absolute Gasteiger partial charge is 0.263 e. The smallest absolute Gasteiger partial charge is 0.263 e. The van der Waals surface area contributed by atoms with E-state index in [1.807, 2.05) is 0 Å². The van der Waals surface area contributed by atoms with Crippen molar-refractivity contribution < 1.29 is 12.8 Å². The second-order valence-corrected chi connectivity index (χ2v) is 7.21. The summed E-state index contributed by atoms with van der Waals surface area (Å²) >= 11 is 3.30. The van der Waals surface area contributed by atoms with Crippen LogP contribution in [0.3, 0.4) is 0 Å². The van der Waals surface area contributed by atoms with Crippen LogP contribution in [0.1, 0.15) is 16.8 Å². The zero-order valence-corrected chi connectivity index (χ0v) is 14.1. The summed E-state index contributed by atoms with van der Waals surface area (Å²) in [5.41, 5.74) is 1.38. The number of sulfonamides is 1. The zero-order chi connectivity index (χ0) is 15.8. The van der Waals surface area contributed by atoms with Crippen molar-refractivity contribution in [3.05, 3.63) is 51.4 Å². The predicted octanol–water partition coefficient (Wildman–Crippen LogP) is 3.71. The fraction of sp³-hybridized carbons (Fsp3) is 0.214. The number of hydrogen-bond acceptors (Lipinski definition) is 3. The van der Waals surface area contributed by atoms with Crippen LogP contribution in [0.25, 0.3) is 0 Å². The summed E-state index contributed by atoms with van der Waals surface area (Å²) in [5, 5.41) is 0. The Labute approximate surface area is 131 Å². The molecule has 0 aliphatic carbocycles. The molecule has 0 radical (unpaired) electrons. The number of rotatable bonds is 3. The van der Waals surface area contributed by atoms with Crippen molar-refractivity contribution in [1.82, 2.24) is 4.98 Å². The van der Waals surface area contributed by atoms with Gasteiger partial charge in [-0.25, -0.2) is 17.8 Å². The van der Waals surface area contributed by atoms with Gasteiger partial charge in [-0.05, 0) is 72.1 Å². The van der Waals surface area contributed by atoms with E-state index in [1.165, 1.54) is 12.1 Å². The number of nitrogens with one attached hydrogen (secondary N) is 1. The lowest BCUT2D eigenvalue weighted by molar-refractivity contribution is 0.597. The number of nitrogens with zero attached hydrogens (tertiary/aromatic N) is 1. The molecule has 0 aliphatic heterocycles. The number of aromatic nitrogens is 1. The van der Waals surface area contributed by atoms with Crippen molar-refractivity contribution in [2.24, 2.45) is 0 Å². The van der Waals surface area contributed by atoms with E-state index in [0.717, 1.165) is 4.47 Å². The number of aryl methyl sites for hydroxylation is 3. The molecule has 0 amide bonds. The Balaban J connectivity index is 2.46. The molecule has 0 unspecified atom stereocenters. The number of hydrogen-bond donors (Lipinski definition) is 1. The predicted molar refractivity (Wildman–Crippen MR) is 83.4 cm³/mol. The molecule has 0 fully saturated rings. The van der Waals surface area contributed by atoms with Crippen molar-refractivity contribution in [2.75, 3.05) is 4.72 Å². The van der Waals surface area contributed by atoms with Crippen LogP contribution >= 0.6 is 15.9 Å².